The summed E-state index contributed by atoms with van der Waals surface area (Å²) < 4.78 is 0. The van der Waals surface area contributed by atoms with E-state index in [4.69, 9.17) is 0 Å². The lowest BCUT2D eigenvalue weighted by Gasteiger charge is -2.34. The third-order valence-electron chi connectivity index (χ3n) is 2.31. The smallest absolute Gasteiger partial charge is 0.0158 e. The molecule has 12 heavy (non-hydrogen) atoms. The van der Waals surface area contributed by atoms with Crippen LogP contribution in [0.1, 0.15) is 13.8 Å². The largest absolute Gasteiger partial charge is 0.299 e. The van der Waals surface area contributed by atoms with Gasteiger partial charge in [-0.1, -0.05) is 22.9 Å². The molecule has 1 aliphatic heterocycles. The van der Waals surface area contributed by atoms with E-state index in [2.05, 4.69) is 46.4 Å². The molecule has 2 unspecified atom stereocenters. The Morgan fingerprint density at radius 2 is 2.42 bits per heavy atom. The zero-order valence-corrected chi connectivity index (χ0v) is 10.3. The maximum atomic E-state index is 3.53. The number of thioether (sulfide) groups is 1. The standard InChI is InChI=1S/C9H18BrNS/c1-8(5-10)6-11-3-4-12-7-9(11)2/h8-9H,3-7H2,1-2H3. The van der Waals surface area contributed by atoms with Gasteiger partial charge in [-0.2, -0.15) is 11.8 Å². The van der Waals surface area contributed by atoms with E-state index in [1.165, 1.54) is 24.6 Å². The first kappa shape index (κ1) is 10.9. The zero-order valence-electron chi connectivity index (χ0n) is 7.92. The second-order valence-electron chi connectivity index (χ2n) is 3.68. The zero-order chi connectivity index (χ0) is 8.97. The summed E-state index contributed by atoms with van der Waals surface area (Å²) in [6.45, 7) is 7.19. The molecule has 1 heterocycles. The van der Waals surface area contributed by atoms with Gasteiger partial charge in [0.1, 0.15) is 0 Å². The van der Waals surface area contributed by atoms with Crippen molar-refractivity contribution >= 4 is 27.7 Å². The molecule has 1 saturated heterocycles. The summed E-state index contributed by atoms with van der Waals surface area (Å²) >= 11 is 5.62. The number of alkyl halides is 1. The molecule has 0 aromatic rings. The lowest BCUT2D eigenvalue weighted by molar-refractivity contribution is 0.209. The highest BCUT2D eigenvalue weighted by molar-refractivity contribution is 9.09. The van der Waals surface area contributed by atoms with Crippen molar-refractivity contribution < 1.29 is 0 Å². The molecule has 0 aliphatic carbocycles. The van der Waals surface area contributed by atoms with E-state index in [1.54, 1.807) is 0 Å². The van der Waals surface area contributed by atoms with Gasteiger partial charge < -0.3 is 0 Å². The van der Waals surface area contributed by atoms with Crippen molar-refractivity contribution in [3.8, 4) is 0 Å². The Labute approximate surface area is 88.4 Å². The van der Waals surface area contributed by atoms with Gasteiger partial charge in [-0.15, -0.1) is 0 Å². The summed E-state index contributed by atoms with van der Waals surface area (Å²) in [4.78, 5) is 2.61. The van der Waals surface area contributed by atoms with Gasteiger partial charge in [0.15, 0.2) is 0 Å². The highest BCUT2D eigenvalue weighted by atomic mass is 79.9. The van der Waals surface area contributed by atoms with E-state index in [0.29, 0.717) is 0 Å². The lowest BCUT2D eigenvalue weighted by atomic mass is 10.2. The van der Waals surface area contributed by atoms with Crippen molar-refractivity contribution in [1.82, 2.24) is 4.90 Å². The topological polar surface area (TPSA) is 3.24 Å². The van der Waals surface area contributed by atoms with E-state index in [-0.39, 0.29) is 0 Å². The first-order valence-corrected chi connectivity index (χ1v) is 6.89. The van der Waals surface area contributed by atoms with Crippen molar-refractivity contribution in [2.75, 3.05) is 29.9 Å². The molecular formula is C9H18BrNS. The summed E-state index contributed by atoms with van der Waals surface area (Å²) in [5.41, 5.74) is 0. The highest BCUT2D eigenvalue weighted by Gasteiger charge is 2.19. The van der Waals surface area contributed by atoms with E-state index in [0.717, 1.165) is 17.3 Å². The Hall–Kier alpha value is 0.790. The second kappa shape index (κ2) is 5.51. The molecule has 2 atom stereocenters. The molecule has 1 rings (SSSR count). The number of halogens is 1. The average Bonchev–Trinajstić information content (AvgIpc) is 2.09. The molecule has 0 saturated carbocycles. The van der Waals surface area contributed by atoms with E-state index in [9.17, 15) is 0 Å². The minimum Gasteiger partial charge on any atom is -0.299 e. The summed E-state index contributed by atoms with van der Waals surface area (Å²) in [5, 5.41) is 1.13. The van der Waals surface area contributed by atoms with Crippen LogP contribution < -0.4 is 0 Å². The number of nitrogens with zero attached hydrogens (tertiary/aromatic N) is 1. The number of hydrogen-bond donors (Lipinski definition) is 0. The van der Waals surface area contributed by atoms with Gasteiger partial charge >= 0.3 is 0 Å². The number of rotatable bonds is 3. The quantitative estimate of drug-likeness (QED) is 0.710. The van der Waals surface area contributed by atoms with E-state index < -0.39 is 0 Å². The van der Waals surface area contributed by atoms with Gasteiger partial charge in [-0.25, -0.2) is 0 Å². The van der Waals surface area contributed by atoms with E-state index >= 15 is 0 Å². The third kappa shape index (κ3) is 3.27. The molecule has 1 aliphatic rings. The molecule has 72 valence electrons. The summed E-state index contributed by atoms with van der Waals surface area (Å²) in [7, 11) is 0. The minimum atomic E-state index is 0.783. The van der Waals surface area contributed by atoms with Crippen molar-refractivity contribution in [3.05, 3.63) is 0 Å². The van der Waals surface area contributed by atoms with Crippen LogP contribution in [0.15, 0.2) is 0 Å². The molecule has 0 radical (unpaired) electrons. The van der Waals surface area contributed by atoms with Crippen molar-refractivity contribution in [1.29, 1.82) is 0 Å². The maximum Gasteiger partial charge on any atom is 0.0158 e. The number of hydrogen-bond acceptors (Lipinski definition) is 2. The average molecular weight is 252 g/mol. The molecule has 0 spiro atoms. The van der Waals surface area contributed by atoms with Crippen LogP contribution >= 0.6 is 27.7 Å². The van der Waals surface area contributed by atoms with Crippen LogP contribution in [0.5, 0.6) is 0 Å². The Morgan fingerprint density at radius 1 is 1.67 bits per heavy atom. The van der Waals surface area contributed by atoms with Crippen LogP contribution in [-0.2, 0) is 0 Å². The van der Waals surface area contributed by atoms with Gasteiger partial charge in [0.05, 0.1) is 0 Å². The van der Waals surface area contributed by atoms with Crippen LogP contribution in [0, 0.1) is 5.92 Å². The Bertz CT molecular complexity index is 132. The molecular weight excluding hydrogens is 234 g/mol. The van der Waals surface area contributed by atoms with Gasteiger partial charge in [0, 0.05) is 36.0 Å². The second-order valence-corrected chi connectivity index (χ2v) is 5.48. The molecule has 1 fully saturated rings. The van der Waals surface area contributed by atoms with Crippen molar-refractivity contribution in [2.45, 2.75) is 19.9 Å². The Morgan fingerprint density at radius 3 is 3.00 bits per heavy atom. The SMILES string of the molecule is CC(CBr)CN1CCSCC1C. The van der Waals surface area contributed by atoms with Gasteiger partial charge in [-0.3, -0.25) is 4.90 Å². The highest BCUT2D eigenvalue weighted by Crippen LogP contribution is 2.17. The van der Waals surface area contributed by atoms with Gasteiger partial charge in [0.25, 0.3) is 0 Å². The lowest BCUT2D eigenvalue weighted by Crippen LogP contribution is -2.42. The summed E-state index contributed by atoms with van der Waals surface area (Å²) in [6, 6.07) is 0.783. The Balaban J connectivity index is 2.28. The fourth-order valence-corrected chi connectivity index (χ4v) is 2.77. The molecule has 0 aromatic carbocycles. The Kier molecular flexibility index (Phi) is 4.99. The monoisotopic (exact) mass is 251 g/mol. The molecule has 3 heteroatoms. The molecule has 0 aromatic heterocycles. The predicted octanol–water partition coefficient (Wildman–Crippen LogP) is 2.45. The molecule has 0 bridgehead atoms. The van der Waals surface area contributed by atoms with E-state index in [1.807, 2.05) is 0 Å². The van der Waals surface area contributed by atoms with Crippen LogP contribution in [0.4, 0.5) is 0 Å². The van der Waals surface area contributed by atoms with Crippen LogP contribution in [-0.4, -0.2) is 40.9 Å². The van der Waals surface area contributed by atoms with Crippen LogP contribution in [0.25, 0.3) is 0 Å². The maximum absolute atomic E-state index is 3.53. The van der Waals surface area contributed by atoms with Crippen LogP contribution in [0.3, 0.4) is 0 Å². The minimum absolute atomic E-state index is 0.783. The normalized spacial score (nSPS) is 28.8. The molecule has 0 amide bonds. The molecule has 0 N–H and O–H groups in total. The summed E-state index contributed by atoms with van der Waals surface area (Å²) in [5.74, 6) is 3.42. The van der Waals surface area contributed by atoms with Crippen molar-refractivity contribution in [2.24, 2.45) is 5.92 Å². The summed E-state index contributed by atoms with van der Waals surface area (Å²) in [6.07, 6.45) is 0. The van der Waals surface area contributed by atoms with Gasteiger partial charge in [0.2, 0.25) is 0 Å². The third-order valence-corrected chi connectivity index (χ3v) is 4.61. The fraction of sp³-hybridized carbons (Fsp3) is 1.00. The van der Waals surface area contributed by atoms with Gasteiger partial charge in [-0.05, 0) is 12.8 Å². The fourth-order valence-electron chi connectivity index (χ4n) is 1.48. The van der Waals surface area contributed by atoms with Crippen LogP contribution in [0.2, 0.25) is 0 Å². The predicted molar refractivity (Wildman–Crippen MR) is 61.3 cm³/mol. The first-order valence-electron chi connectivity index (χ1n) is 4.61. The first-order chi connectivity index (χ1) is 5.74. The molecule has 1 nitrogen and oxygen atoms in total. The van der Waals surface area contributed by atoms with Crippen molar-refractivity contribution in [3.63, 3.8) is 0 Å².